The number of piperidine rings is 1. The fourth-order valence-electron chi connectivity index (χ4n) is 5.67. The van der Waals surface area contributed by atoms with Crippen LogP contribution in [-0.2, 0) is 21.5 Å². The Labute approximate surface area is 213 Å². The molecule has 1 fully saturated rings. The third-order valence-electron chi connectivity index (χ3n) is 7.84. The lowest BCUT2D eigenvalue weighted by Gasteiger charge is -2.47. The minimum Gasteiger partial charge on any atom is -0.361 e. The summed E-state index contributed by atoms with van der Waals surface area (Å²) in [5.74, 6) is -0.478. The maximum Gasteiger partial charge on any atom is 0.245 e. The predicted molar refractivity (Wildman–Crippen MR) is 141 cm³/mol. The quantitative estimate of drug-likeness (QED) is 0.532. The molecule has 1 unspecified atom stereocenters. The Kier molecular flexibility index (Phi) is 7.50. The first-order valence-electron chi connectivity index (χ1n) is 12.7. The third kappa shape index (κ3) is 4.89. The molecule has 6 nitrogen and oxygen atoms in total. The Bertz CT molecular complexity index is 1210. The number of carbonyl (C=O) groups excluding carboxylic acids is 2. The fourth-order valence-corrected chi connectivity index (χ4v) is 5.67. The van der Waals surface area contributed by atoms with Gasteiger partial charge in [0.1, 0.15) is 11.9 Å². The average molecular weight is 493 g/mol. The second-order valence-electron chi connectivity index (χ2n) is 10.5. The van der Waals surface area contributed by atoms with E-state index in [2.05, 4.69) is 48.2 Å². The van der Waals surface area contributed by atoms with Gasteiger partial charge in [-0.25, -0.2) is 4.39 Å². The highest BCUT2D eigenvalue weighted by molar-refractivity contribution is 5.92. The number of nitrogens with one attached hydrogen (secondary N) is 1. The Hall–Kier alpha value is -3.19. The molecule has 7 heteroatoms. The van der Waals surface area contributed by atoms with Gasteiger partial charge in [0.05, 0.1) is 6.42 Å². The van der Waals surface area contributed by atoms with Crippen LogP contribution in [0.25, 0.3) is 10.9 Å². The number of rotatable bonds is 7. The van der Waals surface area contributed by atoms with E-state index in [0.717, 1.165) is 23.8 Å². The number of aromatic nitrogens is 1. The van der Waals surface area contributed by atoms with Gasteiger partial charge in [-0.2, -0.15) is 0 Å². The van der Waals surface area contributed by atoms with Crippen LogP contribution in [0.2, 0.25) is 0 Å². The summed E-state index contributed by atoms with van der Waals surface area (Å²) in [6.45, 7) is 5.26. The van der Waals surface area contributed by atoms with E-state index < -0.39 is 6.04 Å². The van der Waals surface area contributed by atoms with E-state index in [9.17, 15) is 14.0 Å². The van der Waals surface area contributed by atoms with Crippen molar-refractivity contribution < 1.29 is 14.0 Å². The minimum atomic E-state index is -0.538. The number of aromatic amines is 1. The van der Waals surface area contributed by atoms with Gasteiger partial charge in [0, 0.05) is 42.8 Å². The van der Waals surface area contributed by atoms with Crippen molar-refractivity contribution in [1.82, 2.24) is 19.7 Å². The zero-order chi connectivity index (χ0) is 26.0. The molecule has 2 amide bonds. The molecule has 192 valence electrons. The molecule has 1 aliphatic heterocycles. The van der Waals surface area contributed by atoms with Gasteiger partial charge in [0.25, 0.3) is 0 Å². The highest BCUT2D eigenvalue weighted by Crippen LogP contribution is 2.37. The highest BCUT2D eigenvalue weighted by atomic mass is 19.1. The molecule has 1 aromatic heterocycles. The summed E-state index contributed by atoms with van der Waals surface area (Å²) in [5, 5.41) is 0.822. The topological polar surface area (TPSA) is 59.7 Å². The van der Waals surface area contributed by atoms with Crippen LogP contribution in [0.5, 0.6) is 0 Å². The van der Waals surface area contributed by atoms with Crippen molar-refractivity contribution in [2.45, 2.75) is 44.7 Å². The average Bonchev–Trinajstić information content (AvgIpc) is 3.25. The van der Waals surface area contributed by atoms with Crippen molar-refractivity contribution in [3.05, 3.63) is 71.7 Å². The number of amides is 2. The van der Waals surface area contributed by atoms with Crippen molar-refractivity contribution >= 4 is 22.7 Å². The molecule has 1 atom stereocenters. The third-order valence-corrected chi connectivity index (χ3v) is 7.84. The number of benzene rings is 2. The Balaban J connectivity index is 1.47. The van der Waals surface area contributed by atoms with E-state index in [4.69, 9.17) is 0 Å². The van der Waals surface area contributed by atoms with E-state index in [0.29, 0.717) is 18.6 Å². The predicted octanol–water partition coefficient (Wildman–Crippen LogP) is 4.41. The van der Waals surface area contributed by atoms with Crippen LogP contribution >= 0.6 is 0 Å². The lowest BCUT2D eigenvalue weighted by Crippen LogP contribution is -2.57. The summed E-state index contributed by atoms with van der Waals surface area (Å²) in [7, 11) is 5.93. The molecule has 2 heterocycles. The molecule has 4 rings (SSSR count). The van der Waals surface area contributed by atoms with Crippen molar-refractivity contribution in [3.63, 3.8) is 0 Å². The summed E-state index contributed by atoms with van der Waals surface area (Å²) >= 11 is 0. The molecule has 0 bridgehead atoms. The van der Waals surface area contributed by atoms with Crippen LogP contribution < -0.4 is 0 Å². The van der Waals surface area contributed by atoms with Crippen molar-refractivity contribution in [2.24, 2.45) is 5.92 Å². The number of likely N-dealkylation sites (N-methyl/N-ethyl adjacent to an activating group) is 1. The number of hydrogen-bond donors (Lipinski definition) is 1. The van der Waals surface area contributed by atoms with Crippen LogP contribution in [0.3, 0.4) is 0 Å². The first kappa shape index (κ1) is 25.9. The second kappa shape index (κ2) is 10.4. The Morgan fingerprint density at radius 2 is 1.72 bits per heavy atom. The minimum absolute atomic E-state index is 0.00210. The maximum atomic E-state index is 13.7. The molecule has 1 N–H and O–H groups in total. The van der Waals surface area contributed by atoms with E-state index in [1.54, 1.807) is 24.2 Å². The Morgan fingerprint density at radius 3 is 2.33 bits per heavy atom. The van der Waals surface area contributed by atoms with E-state index in [-0.39, 0.29) is 35.5 Å². The first-order valence-corrected chi connectivity index (χ1v) is 12.7. The number of fused-ring (bicyclic) bond motifs is 1. The molecule has 0 spiro atoms. The van der Waals surface area contributed by atoms with Gasteiger partial charge in [-0.05, 0) is 62.2 Å². The lowest BCUT2D eigenvalue weighted by atomic mass is 9.79. The molecule has 2 aromatic carbocycles. The van der Waals surface area contributed by atoms with Gasteiger partial charge in [-0.1, -0.05) is 44.2 Å². The largest absolute Gasteiger partial charge is 0.361 e. The van der Waals surface area contributed by atoms with Crippen LogP contribution in [0.15, 0.2) is 54.7 Å². The molecular weight excluding hydrogens is 455 g/mol. The smallest absolute Gasteiger partial charge is 0.245 e. The zero-order valence-electron chi connectivity index (χ0n) is 21.9. The van der Waals surface area contributed by atoms with Gasteiger partial charge in [0.2, 0.25) is 11.8 Å². The monoisotopic (exact) mass is 492 g/mol. The Morgan fingerprint density at radius 1 is 1.06 bits per heavy atom. The zero-order valence-corrected chi connectivity index (χ0v) is 21.9. The summed E-state index contributed by atoms with van der Waals surface area (Å²) < 4.78 is 13.5. The number of carbonyl (C=O) groups is 2. The molecule has 0 aliphatic carbocycles. The van der Waals surface area contributed by atoms with E-state index in [1.807, 2.05) is 24.8 Å². The maximum absolute atomic E-state index is 13.7. The summed E-state index contributed by atoms with van der Waals surface area (Å²) in [6.07, 6.45) is 3.57. The van der Waals surface area contributed by atoms with Crippen LogP contribution in [0.4, 0.5) is 4.39 Å². The number of likely N-dealkylation sites (tertiary alicyclic amines) is 1. The molecular formula is C29H37FN4O2. The van der Waals surface area contributed by atoms with Gasteiger partial charge in [-0.3, -0.25) is 14.5 Å². The number of hydrogen-bond acceptors (Lipinski definition) is 3. The summed E-state index contributed by atoms with van der Waals surface area (Å²) in [4.78, 5) is 35.9. The molecule has 0 radical (unpaired) electrons. The fraction of sp³-hybridized carbons (Fsp3) is 0.448. The molecule has 36 heavy (non-hydrogen) atoms. The molecule has 1 saturated heterocycles. The lowest BCUT2D eigenvalue weighted by molar-refractivity contribution is -0.147. The van der Waals surface area contributed by atoms with Crippen LogP contribution in [0.1, 0.15) is 37.8 Å². The van der Waals surface area contributed by atoms with Gasteiger partial charge < -0.3 is 14.8 Å². The normalized spacial score (nSPS) is 16.5. The van der Waals surface area contributed by atoms with Crippen molar-refractivity contribution in [3.8, 4) is 0 Å². The molecule has 1 aliphatic rings. The van der Waals surface area contributed by atoms with E-state index in [1.165, 1.54) is 17.7 Å². The van der Waals surface area contributed by atoms with Gasteiger partial charge in [0.15, 0.2) is 0 Å². The van der Waals surface area contributed by atoms with Crippen molar-refractivity contribution in [1.29, 1.82) is 0 Å². The van der Waals surface area contributed by atoms with E-state index >= 15 is 0 Å². The van der Waals surface area contributed by atoms with Gasteiger partial charge >= 0.3 is 0 Å². The van der Waals surface area contributed by atoms with Crippen LogP contribution in [-0.4, -0.2) is 71.8 Å². The van der Waals surface area contributed by atoms with Crippen LogP contribution in [0, 0.1) is 11.7 Å². The highest BCUT2D eigenvalue weighted by Gasteiger charge is 2.41. The second-order valence-corrected chi connectivity index (χ2v) is 10.5. The van der Waals surface area contributed by atoms with Crippen molar-refractivity contribution in [2.75, 3.05) is 34.2 Å². The standard InChI is InChI=1S/C29H37FN4O2/c1-20(2)27(33(5)26(35)17-21-19-31-25-18-23(30)11-12-24(21)25)28(36)34-15-13-29(14-16-34,32(3)4)22-9-7-6-8-10-22/h6-12,18-20,27,31H,13-17H2,1-5H3. The molecule has 3 aromatic rings. The summed E-state index contributed by atoms with van der Waals surface area (Å²) in [6, 6.07) is 14.5. The number of halogens is 1. The number of H-pyrrole nitrogens is 1. The number of nitrogens with zero attached hydrogens (tertiary/aromatic N) is 3. The van der Waals surface area contributed by atoms with Gasteiger partial charge in [-0.15, -0.1) is 0 Å². The SMILES string of the molecule is CC(C)C(C(=O)N1CCC(c2ccccc2)(N(C)C)CC1)N(C)C(=O)Cc1c[nH]c2cc(F)ccc12. The summed E-state index contributed by atoms with van der Waals surface area (Å²) in [5.41, 5.74) is 2.62. The molecule has 0 saturated carbocycles. The first-order chi connectivity index (χ1) is 17.1.